The Morgan fingerprint density at radius 2 is 2.27 bits per heavy atom. The van der Waals surface area contributed by atoms with Crippen molar-refractivity contribution in [3.8, 4) is 0 Å². The highest BCUT2D eigenvalue weighted by Crippen LogP contribution is 2.35. The molecule has 2 fully saturated rings. The molecule has 1 aromatic heterocycles. The fourth-order valence-corrected chi connectivity index (χ4v) is 5.24. The summed E-state index contributed by atoms with van der Waals surface area (Å²) in [5, 5.41) is 0. The van der Waals surface area contributed by atoms with Crippen molar-refractivity contribution in [1.82, 2.24) is 8.61 Å². The fourth-order valence-electron chi connectivity index (χ4n) is 3.33. The molecule has 0 aliphatic carbocycles. The standard InChI is InChI=1S/C15H24N2O4S/c1-2-16(11-13-7-10-20-12-13)22(18,19)17-8-3-5-14(17)15-6-4-9-21-15/h4,6,9,13-14H,2-3,5,7-8,10-12H2,1H3/t13-,14+/m1/s1. The van der Waals surface area contributed by atoms with Crippen molar-refractivity contribution in [3.63, 3.8) is 0 Å². The molecule has 2 aliphatic rings. The Morgan fingerprint density at radius 1 is 1.41 bits per heavy atom. The molecule has 6 nitrogen and oxygen atoms in total. The summed E-state index contributed by atoms with van der Waals surface area (Å²) in [6.45, 7) is 4.88. The van der Waals surface area contributed by atoms with Gasteiger partial charge >= 0.3 is 0 Å². The molecule has 2 saturated heterocycles. The van der Waals surface area contributed by atoms with Crippen LogP contribution in [0.4, 0.5) is 0 Å². The van der Waals surface area contributed by atoms with Crippen LogP contribution in [0.3, 0.4) is 0 Å². The number of hydrogen-bond donors (Lipinski definition) is 0. The smallest absolute Gasteiger partial charge is 0.282 e. The van der Waals surface area contributed by atoms with Gasteiger partial charge in [0.1, 0.15) is 5.76 Å². The molecule has 0 amide bonds. The predicted molar refractivity (Wildman–Crippen MR) is 82.5 cm³/mol. The van der Waals surface area contributed by atoms with Crippen molar-refractivity contribution in [2.45, 2.75) is 32.2 Å². The van der Waals surface area contributed by atoms with Crippen molar-refractivity contribution in [2.24, 2.45) is 5.92 Å². The highest BCUT2D eigenvalue weighted by atomic mass is 32.2. The molecule has 0 radical (unpaired) electrons. The van der Waals surface area contributed by atoms with Crippen molar-refractivity contribution >= 4 is 10.2 Å². The van der Waals surface area contributed by atoms with E-state index in [0.717, 1.165) is 31.6 Å². The average molecular weight is 328 g/mol. The van der Waals surface area contributed by atoms with E-state index in [9.17, 15) is 8.42 Å². The van der Waals surface area contributed by atoms with Crippen molar-refractivity contribution in [2.75, 3.05) is 32.8 Å². The molecular formula is C15H24N2O4S. The van der Waals surface area contributed by atoms with Gasteiger partial charge in [0.2, 0.25) is 0 Å². The van der Waals surface area contributed by atoms with E-state index < -0.39 is 10.2 Å². The Hall–Kier alpha value is -0.890. The normalized spacial score (nSPS) is 27.0. The summed E-state index contributed by atoms with van der Waals surface area (Å²) in [5.74, 6) is 1.04. The van der Waals surface area contributed by atoms with Gasteiger partial charge in [-0.2, -0.15) is 17.0 Å². The minimum Gasteiger partial charge on any atom is -0.468 e. The first-order valence-corrected chi connectivity index (χ1v) is 9.40. The molecule has 124 valence electrons. The van der Waals surface area contributed by atoms with E-state index in [1.807, 2.05) is 19.1 Å². The largest absolute Gasteiger partial charge is 0.468 e. The van der Waals surface area contributed by atoms with Crippen LogP contribution in [0.5, 0.6) is 0 Å². The van der Waals surface area contributed by atoms with Crippen LogP contribution in [0.15, 0.2) is 22.8 Å². The maximum Gasteiger partial charge on any atom is 0.282 e. The zero-order valence-electron chi connectivity index (χ0n) is 13.0. The Kier molecular flexibility index (Phi) is 4.87. The van der Waals surface area contributed by atoms with E-state index in [-0.39, 0.29) is 6.04 Å². The lowest BCUT2D eigenvalue weighted by atomic mass is 10.1. The molecule has 7 heteroatoms. The molecule has 0 spiro atoms. The molecule has 2 aliphatic heterocycles. The molecule has 0 aromatic carbocycles. The monoisotopic (exact) mass is 328 g/mol. The maximum absolute atomic E-state index is 13.0. The van der Waals surface area contributed by atoms with Crippen LogP contribution in [0.2, 0.25) is 0 Å². The third-order valence-electron chi connectivity index (χ3n) is 4.54. The minimum absolute atomic E-state index is 0.172. The summed E-state index contributed by atoms with van der Waals surface area (Å²) in [6, 6.07) is 3.50. The van der Waals surface area contributed by atoms with Gasteiger partial charge in [0.05, 0.1) is 18.9 Å². The Balaban J connectivity index is 1.77. The molecule has 0 unspecified atom stereocenters. The van der Waals surface area contributed by atoms with Crippen LogP contribution in [0.25, 0.3) is 0 Å². The Bertz CT molecular complexity index is 566. The van der Waals surface area contributed by atoms with Gasteiger partial charge in [-0.3, -0.25) is 0 Å². The highest BCUT2D eigenvalue weighted by molar-refractivity contribution is 7.86. The van der Waals surface area contributed by atoms with E-state index in [0.29, 0.717) is 32.2 Å². The molecule has 2 atom stereocenters. The Morgan fingerprint density at radius 3 is 2.91 bits per heavy atom. The minimum atomic E-state index is -3.46. The Labute approximate surface area is 132 Å². The van der Waals surface area contributed by atoms with Gasteiger partial charge in [-0.05, 0) is 37.3 Å². The number of furan rings is 1. The number of rotatable bonds is 6. The topological polar surface area (TPSA) is 63.0 Å². The lowest BCUT2D eigenvalue weighted by Crippen LogP contribution is -2.45. The molecular weight excluding hydrogens is 304 g/mol. The van der Waals surface area contributed by atoms with Crippen LogP contribution in [0, 0.1) is 5.92 Å². The molecule has 3 rings (SSSR count). The van der Waals surface area contributed by atoms with Gasteiger partial charge in [0.15, 0.2) is 0 Å². The van der Waals surface area contributed by atoms with Gasteiger partial charge in [0.25, 0.3) is 10.2 Å². The quantitative estimate of drug-likeness (QED) is 0.801. The molecule has 0 N–H and O–H groups in total. The summed E-state index contributed by atoms with van der Waals surface area (Å²) in [4.78, 5) is 0. The van der Waals surface area contributed by atoms with Gasteiger partial charge in [-0.1, -0.05) is 6.92 Å². The van der Waals surface area contributed by atoms with E-state index in [2.05, 4.69) is 0 Å². The van der Waals surface area contributed by atoms with Crippen molar-refractivity contribution < 1.29 is 17.6 Å². The molecule has 0 bridgehead atoms. The van der Waals surface area contributed by atoms with Gasteiger partial charge in [0, 0.05) is 26.2 Å². The summed E-state index contributed by atoms with van der Waals surface area (Å²) in [6.07, 6.45) is 4.23. The molecule has 3 heterocycles. The second-order valence-corrected chi connectivity index (χ2v) is 7.85. The lowest BCUT2D eigenvalue weighted by molar-refractivity contribution is 0.179. The first-order valence-electron chi connectivity index (χ1n) is 8.01. The number of nitrogens with zero attached hydrogens (tertiary/aromatic N) is 2. The summed E-state index contributed by atoms with van der Waals surface area (Å²) in [7, 11) is -3.46. The molecule has 1 aromatic rings. The first kappa shape index (κ1) is 16.0. The maximum atomic E-state index is 13.0. The van der Waals surface area contributed by atoms with Crippen LogP contribution in [0.1, 0.15) is 38.0 Å². The second-order valence-electron chi connectivity index (χ2n) is 5.97. The molecule has 22 heavy (non-hydrogen) atoms. The van der Waals surface area contributed by atoms with E-state index >= 15 is 0 Å². The lowest BCUT2D eigenvalue weighted by Gasteiger charge is -2.30. The highest BCUT2D eigenvalue weighted by Gasteiger charge is 2.40. The van der Waals surface area contributed by atoms with Crippen molar-refractivity contribution in [3.05, 3.63) is 24.2 Å². The van der Waals surface area contributed by atoms with E-state index in [1.165, 1.54) is 0 Å². The molecule has 0 saturated carbocycles. The number of hydrogen-bond acceptors (Lipinski definition) is 4. The zero-order valence-corrected chi connectivity index (χ0v) is 13.8. The summed E-state index contributed by atoms with van der Waals surface area (Å²) in [5.41, 5.74) is 0. The van der Waals surface area contributed by atoms with Gasteiger partial charge in [-0.15, -0.1) is 0 Å². The van der Waals surface area contributed by atoms with Gasteiger partial charge in [-0.25, -0.2) is 0 Å². The predicted octanol–water partition coefficient (Wildman–Crippen LogP) is 2.02. The van der Waals surface area contributed by atoms with E-state index in [1.54, 1.807) is 14.9 Å². The van der Waals surface area contributed by atoms with Crippen LogP contribution in [-0.4, -0.2) is 49.9 Å². The van der Waals surface area contributed by atoms with E-state index in [4.69, 9.17) is 9.15 Å². The van der Waals surface area contributed by atoms with Crippen molar-refractivity contribution in [1.29, 1.82) is 0 Å². The summed E-state index contributed by atoms with van der Waals surface area (Å²) >= 11 is 0. The van der Waals surface area contributed by atoms with Gasteiger partial charge < -0.3 is 9.15 Å². The average Bonchev–Trinajstić information content (AvgIpc) is 3.25. The van der Waals surface area contributed by atoms with Crippen LogP contribution in [-0.2, 0) is 14.9 Å². The first-order chi connectivity index (χ1) is 10.6. The van der Waals surface area contributed by atoms with Crippen LogP contribution < -0.4 is 0 Å². The zero-order chi connectivity index (χ0) is 15.6. The summed E-state index contributed by atoms with van der Waals surface area (Å²) < 4.78 is 40.1. The fraction of sp³-hybridized carbons (Fsp3) is 0.733. The SMILES string of the molecule is CCN(C[C@H]1CCOC1)S(=O)(=O)N1CCC[C@H]1c1ccco1. The van der Waals surface area contributed by atoms with Crippen LogP contribution >= 0.6 is 0 Å². The third-order valence-corrected chi connectivity index (χ3v) is 6.63. The number of ether oxygens (including phenoxy) is 1. The second kappa shape index (κ2) is 6.70. The third kappa shape index (κ3) is 3.08.